The maximum atomic E-state index is 12.1. The maximum absolute atomic E-state index is 12.1. The molecule has 0 unspecified atom stereocenters. The third-order valence-electron chi connectivity index (χ3n) is 4.66. The number of benzene rings is 2. The zero-order valence-electron chi connectivity index (χ0n) is 16.6. The van der Waals surface area contributed by atoms with Crippen LogP contribution in [0.2, 0.25) is 0 Å². The lowest BCUT2D eigenvalue weighted by Gasteiger charge is -2.06. The average Bonchev–Trinajstić information content (AvgIpc) is 2.96. The van der Waals surface area contributed by atoms with Gasteiger partial charge < -0.3 is 14.4 Å². The van der Waals surface area contributed by atoms with E-state index in [1.807, 2.05) is 47.9 Å². The molecule has 0 aliphatic carbocycles. The third-order valence-corrected chi connectivity index (χ3v) is 5.16. The summed E-state index contributed by atoms with van der Waals surface area (Å²) in [6.07, 6.45) is 3.11. The van der Waals surface area contributed by atoms with Gasteiger partial charge in [0.2, 0.25) is 5.88 Å². The standard InChI is InChI=1S/C22H24BrN3O3/c1-3-4-7-12-26-18-11-10-16(23)13-17(18)21(22(26)28)25-24-20(27)14-29-19-9-6-5-8-15(19)2/h5-6,8-11,13,28H,3-4,7,12,14H2,1-2H3. The van der Waals surface area contributed by atoms with Crippen molar-refractivity contribution in [1.29, 1.82) is 0 Å². The molecule has 7 heteroatoms. The summed E-state index contributed by atoms with van der Waals surface area (Å²) in [5.74, 6) is 0.135. The van der Waals surface area contributed by atoms with Crippen LogP contribution in [0.4, 0.5) is 5.69 Å². The van der Waals surface area contributed by atoms with Crippen LogP contribution in [0.25, 0.3) is 10.9 Å². The minimum absolute atomic E-state index is 0.0191. The van der Waals surface area contributed by atoms with E-state index in [2.05, 4.69) is 33.1 Å². The Balaban J connectivity index is 1.81. The normalized spacial score (nSPS) is 11.4. The highest BCUT2D eigenvalue weighted by molar-refractivity contribution is 9.10. The molecule has 0 aliphatic rings. The summed E-state index contributed by atoms with van der Waals surface area (Å²) in [6, 6.07) is 13.2. The smallest absolute Gasteiger partial charge is 0.302 e. The topological polar surface area (TPSA) is 76.2 Å². The molecule has 0 bridgehead atoms. The van der Waals surface area contributed by atoms with Crippen LogP contribution >= 0.6 is 15.9 Å². The number of azo groups is 1. The minimum Gasteiger partial charge on any atom is -0.493 e. The first-order valence-electron chi connectivity index (χ1n) is 9.65. The Bertz CT molecular complexity index is 1040. The van der Waals surface area contributed by atoms with E-state index >= 15 is 0 Å². The van der Waals surface area contributed by atoms with Crippen molar-refractivity contribution in [1.82, 2.24) is 4.57 Å². The maximum Gasteiger partial charge on any atom is 0.302 e. The van der Waals surface area contributed by atoms with Crippen molar-refractivity contribution in [2.45, 2.75) is 39.7 Å². The second-order valence-electron chi connectivity index (χ2n) is 6.84. The summed E-state index contributed by atoms with van der Waals surface area (Å²) in [5, 5.41) is 19.3. The molecule has 0 aliphatic heterocycles. The summed E-state index contributed by atoms with van der Waals surface area (Å²) < 4.78 is 8.20. The van der Waals surface area contributed by atoms with Crippen molar-refractivity contribution < 1.29 is 14.6 Å². The Kier molecular flexibility index (Phi) is 7.04. The Labute approximate surface area is 178 Å². The number of unbranched alkanes of at least 4 members (excludes halogenated alkanes) is 2. The molecular weight excluding hydrogens is 434 g/mol. The molecule has 0 saturated carbocycles. The molecular formula is C22H24BrN3O3. The predicted molar refractivity (Wildman–Crippen MR) is 117 cm³/mol. The quantitative estimate of drug-likeness (QED) is 0.318. The van der Waals surface area contributed by atoms with Gasteiger partial charge in [-0.05, 0) is 43.2 Å². The summed E-state index contributed by atoms with van der Waals surface area (Å²) in [6.45, 7) is 4.51. The van der Waals surface area contributed by atoms with Crippen molar-refractivity contribution in [2.75, 3.05) is 6.61 Å². The first-order valence-corrected chi connectivity index (χ1v) is 10.4. The number of carbonyl (C=O) groups excluding carboxylic acids is 1. The molecule has 2 aromatic carbocycles. The van der Waals surface area contributed by atoms with Gasteiger partial charge in [-0.2, -0.15) is 0 Å². The van der Waals surface area contributed by atoms with Crippen LogP contribution in [-0.4, -0.2) is 22.2 Å². The molecule has 1 amide bonds. The molecule has 0 saturated heterocycles. The van der Waals surface area contributed by atoms with E-state index < -0.39 is 5.91 Å². The van der Waals surface area contributed by atoms with Gasteiger partial charge in [0.1, 0.15) is 5.75 Å². The lowest BCUT2D eigenvalue weighted by atomic mass is 10.2. The Morgan fingerprint density at radius 2 is 2.00 bits per heavy atom. The fraction of sp³-hybridized carbons (Fsp3) is 0.318. The van der Waals surface area contributed by atoms with Gasteiger partial charge in [0.25, 0.3) is 0 Å². The number of aromatic nitrogens is 1. The molecule has 29 heavy (non-hydrogen) atoms. The van der Waals surface area contributed by atoms with Crippen LogP contribution in [0.5, 0.6) is 11.6 Å². The van der Waals surface area contributed by atoms with Crippen LogP contribution < -0.4 is 4.74 Å². The van der Waals surface area contributed by atoms with Crippen molar-refractivity contribution in [3.63, 3.8) is 0 Å². The number of carbonyl (C=O) groups is 1. The number of ether oxygens (including phenoxy) is 1. The predicted octanol–water partition coefficient (Wildman–Crippen LogP) is 6.30. The van der Waals surface area contributed by atoms with E-state index in [1.165, 1.54) is 0 Å². The lowest BCUT2D eigenvalue weighted by molar-refractivity contribution is -0.120. The molecule has 1 N–H and O–H groups in total. The number of hydrogen-bond acceptors (Lipinski definition) is 4. The molecule has 0 fully saturated rings. The van der Waals surface area contributed by atoms with Crippen LogP contribution in [0, 0.1) is 6.92 Å². The van der Waals surface area contributed by atoms with Gasteiger partial charge in [0.05, 0.1) is 5.52 Å². The Morgan fingerprint density at radius 1 is 1.21 bits per heavy atom. The summed E-state index contributed by atoms with van der Waals surface area (Å²) in [5.41, 5.74) is 2.09. The zero-order chi connectivity index (χ0) is 20.8. The fourth-order valence-corrected chi connectivity index (χ4v) is 3.49. The number of aromatic hydroxyl groups is 1. The van der Waals surface area contributed by atoms with E-state index in [0.717, 1.165) is 40.2 Å². The summed E-state index contributed by atoms with van der Waals surface area (Å²) >= 11 is 3.45. The molecule has 3 rings (SSSR count). The van der Waals surface area contributed by atoms with Crippen LogP contribution in [0.1, 0.15) is 31.7 Å². The molecule has 0 spiro atoms. The highest BCUT2D eigenvalue weighted by atomic mass is 79.9. The number of amides is 1. The van der Waals surface area contributed by atoms with Gasteiger partial charge in [-0.1, -0.05) is 53.9 Å². The molecule has 0 atom stereocenters. The van der Waals surface area contributed by atoms with Gasteiger partial charge in [-0.25, -0.2) is 0 Å². The van der Waals surface area contributed by atoms with Crippen LogP contribution in [0.15, 0.2) is 57.2 Å². The number of halogens is 1. The molecule has 3 aromatic rings. The van der Waals surface area contributed by atoms with Gasteiger partial charge in [-0.15, -0.1) is 10.2 Å². The molecule has 6 nitrogen and oxygen atoms in total. The summed E-state index contributed by atoms with van der Waals surface area (Å²) in [4.78, 5) is 12.1. The van der Waals surface area contributed by atoms with E-state index in [0.29, 0.717) is 18.0 Å². The average molecular weight is 458 g/mol. The van der Waals surface area contributed by atoms with Crippen molar-refractivity contribution in [3.8, 4) is 11.6 Å². The number of hydrogen-bond donors (Lipinski definition) is 1. The molecule has 1 aromatic heterocycles. The highest BCUT2D eigenvalue weighted by Crippen LogP contribution is 2.40. The molecule has 152 valence electrons. The third kappa shape index (κ3) is 5.03. The van der Waals surface area contributed by atoms with Gasteiger partial charge >= 0.3 is 5.91 Å². The molecule has 1 heterocycles. The van der Waals surface area contributed by atoms with Crippen molar-refractivity contribution in [3.05, 3.63) is 52.5 Å². The number of aryl methyl sites for hydroxylation is 2. The summed E-state index contributed by atoms with van der Waals surface area (Å²) in [7, 11) is 0. The first-order chi connectivity index (χ1) is 14.0. The van der Waals surface area contributed by atoms with Crippen molar-refractivity contribution in [2.24, 2.45) is 10.2 Å². The fourth-order valence-electron chi connectivity index (χ4n) is 3.13. The number of nitrogens with zero attached hydrogens (tertiary/aromatic N) is 3. The van der Waals surface area contributed by atoms with E-state index in [1.54, 1.807) is 6.07 Å². The molecule has 0 radical (unpaired) electrons. The Morgan fingerprint density at radius 3 is 2.76 bits per heavy atom. The van der Waals surface area contributed by atoms with Gasteiger partial charge in [0.15, 0.2) is 12.3 Å². The van der Waals surface area contributed by atoms with Crippen LogP contribution in [-0.2, 0) is 11.3 Å². The minimum atomic E-state index is -0.519. The zero-order valence-corrected chi connectivity index (χ0v) is 18.1. The van der Waals surface area contributed by atoms with Gasteiger partial charge in [-0.3, -0.25) is 4.79 Å². The second-order valence-corrected chi connectivity index (χ2v) is 7.76. The SMILES string of the molecule is CCCCCn1c(O)c(N=NC(=O)COc2ccccc2C)c2cc(Br)ccc21. The van der Waals surface area contributed by atoms with Crippen LogP contribution in [0.3, 0.4) is 0 Å². The van der Waals surface area contributed by atoms with E-state index in [4.69, 9.17) is 4.74 Å². The Hall–Kier alpha value is -2.67. The van der Waals surface area contributed by atoms with Gasteiger partial charge in [0, 0.05) is 16.4 Å². The monoisotopic (exact) mass is 457 g/mol. The van der Waals surface area contributed by atoms with E-state index in [-0.39, 0.29) is 12.5 Å². The van der Waals surface area contributed by atoms with E-state index in [9.17, 15) is 9.90 Å². The largest absolute Gasteiger partial charge is 0.493 e. The highest BCUT2D eigenvalue weighted by Gasteiger charge is 2.17. The number of rotatable bonds is 8. The van der Waals surface area contributed by atoms with Crippen molar-refractivity contribution >= 4 is 38.4 Å². The lowest BCUT2D eigenvalue weighted by Crippen LogP contribution is -2.08. The number of para-hydroxylation sites is 1. The second kappa shape index (κ2) is 9.69. The number of fused-ring (bicyclic) bond motifs is 1. The first kappa shape index (κ1) is 21.0.